The molecule has 2 rings (SSSR count). The molecule has 0 bridgehead atoms. The van der Waals surface area contributed by atoms with E-state index in [2.05, 4.69) is 5.32 Å². The minimum absolute atomic E-state index is 0.00813. The molecule has 0 aromatic heterocycles. The van der Waals surface area contributed by atoms with Gasteiger partial charge in [-0.2, -0.15) is 0 Å². The number of carbonyl (C=O) groups is 1. The van der Waals surface area contributed by atoms with Crippen molar-refractivity contribution in [3.8, 4) is 5.75 Å². The first kappa shape index (κ1) is 18.4. The van der Waals surface area contributed by atoms with Crippen LogP contribution in [0.5, 0.6) is 5.75 Å². The van der Waals surface area contributed by atoms with Gasteiger partial charge < -0.3 is 19.9 Å². The van der Waals surface area contributed by atoms with Crippen LogP contribution in [0.1, 0.15) is 5.56 Å². The number of hydrogen-bond donors (Lipinski definition) is 2. The Labute approximate surface area is 150 Å². The van der Waals surface area contributed by atoms with Gasteiger partial charge >= 0.3 is 6.09 Å². The van der Waals surface area contributed by atoms with Crippen molar-refractivity contribution in [3.05, 3.63) is 64.1 Å². The first-order chi connectivity index (χ1) is 11.6. The van der Waals surface area contributed by atoms with Gasteiger partial charge in [-0.15, -0.1) is 0 Å². The van der Waals surface area contributed by atoms with Crippen molar-refractivity contribution in [2.75, 3.05) is 13.2 Å². The van der Waals surface area contributed by atoms with Gasteiger partial charge in [-0.05, 0) is 17.7 Å². The normalized spacial score (nSPS) is 11.6. The third-order valence-corrected chi connectivity index (χ3v) is 3.84. The monoisotopic (exact) mass is 369 g/mol. The molecule has 0 aliphatic heterocycles. The van der Waals surface area contributed by atoms with E-state index in [4.69, 9.17) is 32.7 Å². The molecule has 128 valence electrons. The van der Waals surface area contributed by atoms with E-state index in [0.717, 1.165) is 5.56 Å². The Hall–Kier alpha value is -1.95. The zero-order valence-corrected chi connectivity index (χ0v) is 14.3. The molecule has 0 aliphatic carbocycles. The quantitative estimate of drug-likeness (QED) is 0.781. The van der Waals surface area contributed by atoms with Crippen LogP contribution < -0.4 is 10.1 Å². The van der Waals surface area contributed by atoms with Gasteiger partial charge in [0.15, 0.2) is 0 Å². The Bertz CT molecular complexity index is 667. The molecule has 0 fully saturated rings. The average Bonchev–Trinajstić information content (AvgIpc) is 2.60. The van der Waals surface area contributed by atoms with Crippen molar-refractivity contribution in [1.29, 1.82) is 0 Å². The van der Waals surface area contributed by atoms with Crippen LogP contribution in [0.3, 0.4) is 0 Å². The lowest BCUT2D eigenvalue weighted by Gasteiger charge is -2.14. The zero-order chi connectivity index (χ0) is 17.4. The number of benzene rings is 2. The van der Waals surface area contributed by atoms with E-state index in [9.17, 15) is 9.90 Å². The number of hydrogen-bond acceptors (Lipinski definition) is 4. The van der Waals surface area contributed by atoms with Gasteiger partial charge in [-0.3, -0.25) is 0 Å². The predicted octanol–water partition coefficient (Wildman–Crippen LogP) is 3.66. The highest BCUT2D eigenvalue weighted by Crippen LogP contribution is 2.31. The fourth-order valence-corrected chi connectivity index (χ4v) is 2.16. The molecule has 1 amide bonds. The molecule has 0 saturated carbocycles. The van der Waals surface area contributed by atoms with E-state index in [1.807, 2.05) is 30.3 Å². The van der Waals surface area contributed by atoms with Crippen molar-refractivity contribution in [3.63, 3.8) is 0 Å². The van der Waals surface area contributed by atoms with Gasteiger partial charge in [-0.25, -0.2) is 4.79 Å². The summed E-state index contributed by atoms with van der Waals surface area (Å²) in [5, 5.41) is 12.9. The summed E-state index contributed by atoms with van der Waals surface area (Å²) in [5.41, 5.74) is 0.882. The topological polar surface area (TPSA) is 67.8 Å². The third kappa shape index (κ3) is 5.92. The molecule has 0 saturated heterocycles. The lowest BCUT2D eigenvalue weighted by Crippen LogP contribution is -2.35. The Morgan fingerprint density at radius 2 is 1.88 bits per heavy atom. The number of aliphatic hydroxyl groups is 1. The van der Waals surface area contributed by atoms with Crippen LogP contribution in [0, 0.1) is 0 Å². The van der Waals surface area contributed by atoms with Crippen molar-refractivity contribution in [2.24, 2.45) is 0 Å². The fraction of sp³-hybridized carbons (Fsp3) is 0.235. The second-order valence-corrected chi connectivity index (χ2v) is 5.74. The van der Waals surface area contributed by atoms with E-state index < -0.39 is 12.2 Å². The van der Waals surface area contributed by atoms with Gasteiger partial charge in [0.05, 0.1) is 11.6 Å². The van der Waals surface area contributed by atoms with Crippen LogP contribution >= 0.6 is 23.2 Å². The smallest absolute Gasteiger partial charge is 0.407 e. The SMILES string of the molecule is O=C(NCC(O)COc1cccc(Cl)c1Cl)OCc1ccccc1. The predicted molar refractivity (Wildman–Crippen MR) is 92.6 cm³/mol. The molecular formula is C17H17Cl2NO4. The largest absolute Gasteiger partial charge is 0.489 e. The molecule has 7 heteroatoms. The van der Waals surface area contributed by atoms with Crippen molar-refractivity contribution >= 4 is 29.3 Å². The van der Waals surface area contributed by atoms with Crippen LogP contribution in [0.2, 0.25) is 10.0 Å². The number of ether oxygens (including phenoxy) is 2. The Morgan fingerprint density at radius 3 is 2.62 bits per heavy atom. The number of rotatable bonds is 7. The molecule has 0 heterocycles. The van der Waals surface area contributed by atoms with E-state index in [1.54, 1.807) is 18.2 Å². The van der Waals surface area contributed by atoms with Crippen LogP contribution in [0.4, 0.5) is 4.79 Å². The lowest BCUT2D eigenvalue weighted by molar-refractivity contribution is 0.0965. The first-order valence-corrected chi connectivity index (χ1v) is 8.01. The molecular weight excluding hydrogens is 353 g/mol. The maximum Gasteiger partial charge on any atom is 0.407 e. The summed E-state index contributed by atoms with van der Waals surface area (Å²) in [7, 11) is 0. The second-order valence-electron chi connectivity index (χ2n) is 4.96. The molecule has 1 unspecified atom stereocenters. The minimum atomic E-state index is -0.913. The number of amides is 1. The van der Waals surface area contributed by atoms with Gasteiger partial charge in [0.1, 0.15) is 30.1 Å². The maximum absolute atomic E-state index is 11.6. The number of alkyl carbamates (subject to hydrolysis) is 1. The van der Waals surface area contributed by atoms with Crippen LogP contribution in [0.25, 0.3) is 0 Å². The second kappa shape index (κ2) is 9.37. The number of nitrogens with one attached hydrogen (secondary N) is 1. The van der Waals surface area contributed by atoms with E-state index in [1.165, 1.54) is 0 Å². The molecule has 2 aromatic rings. The number of halogens is 2. The summed E-state index contributed by atoms with van der Waals surface area (Å²) in [6.07, 6.45) is -1.52. The molecule has 0 radical (unpaired) electrons. The fourth-order valence-electron chi connectivity index (χ4n) is 1.82. The molecule has 1 atom stereocenters. The summed E-state index contributed by atoms with van der Waals surface area (Å²) in [5.74, 6) is 0.370. The van der Waals surface area contributed by atoms with Crippen LogP contribution in [-0.4, -0.2) is 30.5 Å². The Kier molecular flexibility index (Phi) is 7.18. The molecule has 24 heavy (non-hydrogen) atoms. The number of carbonyl (C=O) groups excluding carboxylic acids is 1. The van der Waals surface area contributed by atoms with Crippen LogP contribution in [-0.2, 0) is 11.3 Å². The summed E-state index contributed by atoms with van der Waals surface area (Å²) < 4.78 is 10.4. The molecule has 5 nitrogen and oxygen atoms in total. The van der Waals surface area contributed by atoms with E-state index in [-0.39, 0.29) is 24.8 Å². The standard InChI is InChI=1S/C17H17Cl2NO4/c18-14-7-4-8-15(16(14)19)23-11-13(21)9-20-17(22)24-10-12-5-2-1-3-6-12/h1-8,13,21H,9-11H2,(H,20,22). The van der Waals surface area contributed by atoms with Gasteiger partial charge in [-0.1, -0.05) is 59.6 Å². The molecule has 0 spiro atoms. The average molecular weight is 370 g/mol. The molecule has 0 aliphatic rings. The first-order valence-electron chi connectivity index (χ1n) is 7.25. The van der Waals surface area contributed by atoms with Crippen molar-refractivity contribution < 1.29 is 19.4 Å². The highest BCUT2D eigenvalue weighted by molar-refractivity contribution is 6.42. The summed E-state index contributed by atoms with van der Waals surface area (Å²) >= 11 is 11.8. The zero-order valence-electron chi connectivity index (χ0n) is 12.7. The Balaban J connectivity index is 1.68. The number of aliphatic hydroxyl groups excluding tert-OH is 1. The minimum Gasteiger partial charge on any atom is -0.489 e. The summed E-state index contributed by atoms with van der Waals surface area (Å²) in [6, 6.07) is 14.3. The van der Waals surface area contributed by atoms with Gasteiger partial charge in [0.2, 0.25) is 0 Å². The highest BCUT2D eigenvalue weighted by atomic mass is 35.5. The van der Waals surface area contributed by atoms with Crippen molar-refractivity contribution in [1.82, 2.24) is 5.32 Å². The molecule has 2 N–H and O–H groups in total. The third-order valence-electron chi connectivity index (χ3n) is 3.04. The van der Waals surface area contributed by atoms with E-state index in [0.29, 0.717) is 10.8 Å². The van der Waals surface area contributed by atoms with Crippen LogP contribution in [0.15, 0.2) is 48.5 Å². The van der Waals surface area contributed by atoms with Gasteiger partial charge in [0, 0.05) is 0 Å². The van der Waals surface area contributed by atoms with Crippen molar-refractivity contribution in [2.45, 2.75) is 12.7 Å². The summed E-state index contributed by atoms with van der Waals surface area (Å²) in [6.45, 7) is 0.113. The maximum atomic E-state index is 11.6. The highest BCUT2D eigenvalue weighted by Gasteiger charge is 2.11. The Morgan fingerprint density at radius 1 is 1.12 bits per heavy atom. The molecule has 2 aromatic carbocycles. The summed E-state index contributed by atoms with van der Waals surface area (Å²) in [4.78, 5) is 11.6. The van der Waals surface area contributed by atoms with Gasteiger partial charge in [0.25, 0.3) is 0 Å². The van der Waals surface area contributed by atoms with E-state index >= 15 is 0 Å². The lowest BCUT2D eigenvalue weighted by atomic mass is 10.2.